The van der Waals surface area contributed by atoms with Crippen LogP contribution in [0.4, 0.5) is 0 Å². The number of imidazole rings is 1. The molecule has 0 radical (unpaired) electrons. The molecule has 1 N–H and O–H groups in total. The van der Waals surface area contributed by atoms with E-state index in [0.29, 0.717) is 5.92 Å². The lowest BCUT2D eigenvalue weighted by molar-refractivity contribution is 0.377. The lowest BCUT2D eigenvalue weighted by Crippen LogP contribution is -2.22. The first-order valence-electron chi connectivity index (χ1n) is 8.79. The fraction of sp³-hybridized carbons (Fsp3) is 0.286. The van der Waals surface area contributed by atoms with E-state index in [9.17, 15) is 0 Å². The maximum Gasteiger partial charge on any atom is 0.0931 e. The van der Waals surface area contributed by atoms with E-state index in [1.165, 1.54) is 35.2 Å². The molecule has 5 rings (SSSR count). The van der Waals surface area contributed by atoms with E-state index in [4.69, 9.17) is 0 Å². The van der Waals surface area contributed by atoms with E-state index in [2.05, 4.69) is 63.4 Å². The minimum atomic E-state index is 0.634. The van der Waals surface area contributed by atoms with Gasteiger partial charge in [-0.05, 0) is 59.7 Å². The largest absolute Gasteiger partial charge is 0.345 e. The maximum absolute atomic E-state index is 4.32. The van der Waals surface area contributed by atoms with Crippen LogP contribution in [0.15, 0.2) is 54.9 Å². The lowest BCUT2D eigenvalue weighted by Gasteiger charge is -2.18. The van der Waals surface area contributed by atoms with Crippen LogP contribution in [0.1, 0.15) is 29.0 Å². The summed E-state index contributed by atoms with van der Waals surface area (Å²) >= 11 is 0. The normalized spacial score (nSPS) is 20.5. The van der Waals surface area contributed by atoms with Gasteiger partial charge in [0.05, 0.1) is 17.4 Å². The van der Waals surface area contributed by atoms with Crippen LogP contribution >= 0.6 is 0 Å². The van der Waals surface area contributed by atoms with Gasteiger partial charge in [0.25, 0.3) is 0 Å². The van der Waals surface area contributed by atoms with Gasteiger partial charge in [0.1, 0.15) is 0 Å². The summed E-state index contributed by atoms with van der Waals surface area (Å²) in [5.74, 6) is 0.634. The van der Waals surface area contributed by atoms with Crippen LogP contribution in [0.25, 0.3) is 16.6 Å². The van der Waals surface area contributed by atoms with E-state index < -0.39 is 0 Å². The molecule has 1 atom stereocenters. The van der Waals surface area contributed by atoms with E-state index in [1.807, 2.05) is 0 Å². The van der Waals surface area contributed by atoms with Gasteiger partial charge in [-0.25, -0.2) is 4.98 Å². The van der Waals surface area contributed by atoms with Crippen LogP contribution < -0.4 is 0 Å². The van der Waals surface area contributed by atoms with Crippen LogP contribution in [0.3, 0.4) is 0 Å². The summed E-state index contributed by atoms with van der Waals surface area (Å²) < 4.78 is 0. The molecule has 1 aliphatic carbocycles. The zero-order valence-corrected chi connectivity index (χ0v) is 13.7. The molecule has 2 aromatic carbocycles. The molecule has 24 heavy (non-hydrogen) atoms. The average Bonchev–Trinajstić information content (AvgIpc) is 3.34. The molecule has 2 aliphatic rings. The second kappa shape index (κ2) is 5.60. The Hall–Kier alpha value is -2.39. The fourth-order valence-corrected chi connectivity index (χ4v) is 4.20. The van der Waals surface area contributed by atoms with Crippen molar-refractivity contribution < 1.29 is 0 Å². The van der Waals surface area contributed by atoms with E-state index in [1.54, 1.807) is 6.33 Å². The molecule has 0 spiro atoms. The predicted molar refractivity (Wildman–Crippen MR) is 98.0 cm³/mol. The Morgan fingerprint density at radius 2 is 2.12 bits per heavy atom. The number of likely N-dealkylation sites (tertiary alicyclic amines) is 1. The number of hydrogen-bond acceptors (Lipinski definition) is 2. The Morgan fingerprint density at radius 3 is 3.12 bits per heavy atom. The van der Waals surface area contributed by atoms with Crippen molar-refractivity contribution in [3.05, 3.63) is 71.6 Å². The van der Waals surface area contributed by atoms with E-state index in [0.717, 1.165) is 30.5 Å². The molecule has 0 amide bonds. The molecule has 1 aromatic heterocycles. The van der Waals surface area contributed by atoms with Gasteiger partial charge in [0.15, 0.2) is 0 Å². The van der Waals surface area contributed by atoms with Crippen LogP contribution in [0.5, 0.6) is 0 Å². The highest BCUT2D eigenvalue weighted by atomic mass is 15.1. The second-order valence-corrected chi connectivity index (χ2v) is 6.99. The van der Waals surface area contributed by atoms with Gasteiger partial charge in [0.2, 0.25) is 0 Å². The Kier molecular flexibility index (Phi) is 3.27. The molecule has 1 unspecified atom stereocenters. The van der Waals surface area contributed by atoms with Crippen molar-refractivity contribution in [2.24, 2.45) is 0 Å². The summed E-state index contributed by atoms with van der Waals surface area (Å²) in [6, 6.07) is 15.5. The summed E-state index contributed by atoms with van der Waals surface area (Å²) in [6.45, 7) is 3.42. The Balaban J connectivity index is 1.31. The number of aromatic nitrogens is 2. The highest BCUT2D eigenvalue weighted by molar-refractivity contribution is 5.75. The Bertz CT molecular complexity index is 921. The van der Waals surface area contributed by atoms with Crippen molar-refractivity contribution in [2.45, 2.75) is 18.8 Å². The maximum atomic E-state index is 4.32. The van der Waals surface area contributed by atoms with E-state index in [-0.39, 0.29) is 0 Å². The molecule has 0 bridgehead atoms. The van der Waals surface area contributed by atoms with Crippen molar-refractivity contribution in [3.63, 3.8) is 0 Å². The molecule has 2 heterocycles. The number of benzene rings is 2. The first-order chi connectivity index (χ1) is 11.9. The standard InChI is InChI=1S/C21H21N3/c1-2-4-19-15(3-1)5-6-18(19)13-24-10-9-17(12-24)16-7-8-20-21(11-16)23-14-22-20/h1-4,6-8,11,14,17H,5,9-10,12-13H2,(H,22,23). The number of allylic oxidation sites excluding steroid dienone is 1. The number of nitrogens with one attached hydrogen (secondary N) is 1. The summed E-state index contributed by atoms with van der Waals surface area (Å²) in [4.78, 5) is 10.2. The molecule has 120 valence electrons. The molecule has 3 nitrogen and oxygen atoms in total. The Morgan fingerprint density at radius 1 is 1.17 bits per heavy atom. The third-order valence-corrected chi connectivity index (χ3v) is 5.51. The summed E-state index contributed by atoms with van der Waals surface area (Å²) in [5, 5.41) is 0. The van der Waals surface area contributed by atoms with Crippen LogP contribution in [-0.2, 0) is 6.42 Å². The van der Waals surface area contributed by atoms with Gasteiger partial charge in [-0.3, -0.25) is 4.90 Å². The number of nitrogens with zero attached hydrogens (tertiary/aromatic N) is 2. The lowest BCUT2D eigenvalue weighted by atomic mass is 9.98. The monoisotopic (exact) mass is 315 g/mol. The quantitative estimate of drug-likeness (QED) is 0.792. The van der Waals surface area contributed by atoms with Crippen LogP contribution in [0, 0.1) is 0 Å². The number of rotatable bonds is 3. The molecule has 1 aliphatic heterocycles. The third kappa shape index (κ3) is 2.36. The van der Waals surface area contributed by atoms with Gasteiger partial charge in [0, 0.05) is 13.1 Å². The molecule has 3 heteroatoms. The average molecular weight is 315 g/mol. The number of hydrogen-bond donors (Lipinski definition) is 1. The zero-order valence-electron chi connectivity index (χ0n) is 13.7. The molecule has 0 saturated carbocycles. The van der Waals surface area contributed by atoms with Gasteiger partial charge in [-0.15, -0.1) is 0 Å². The van der Waals surface area contributed by atoms with Gasteiger partial charge in [-0.2, -0.15) is 0 Å². The molecular formula is C21H21N3. The van der Waals surface area contributed by atoms with Gasteiger partial charge >= 0.3 is 0 Å². The third-order valence-electron chi connectivity index (χ3n) is 5.51. The molecule has 1 fully saturated rings. The molecular weight excluding hydrogens is 294 g/mol. The number of fused-ring (bicyclic) bond motifs is 2. The summed E-state index contributed by atoms with van der Waals surface area (Å²) in [7, 11) is 0. The minimum absolute atomic E-state index is 0.634. The SMILES string of the molecule is C1=C(CN2CCC(c3ccc4nc[nH]c4c3)C2)c2ccccc2C1. The summed E-state index contributed by atoms with van der Waals surface area (Å²) in [5.41, 5.74) is 8.10. The van der Waals surface area contributed by atoms with Crippen molar-refractivity contribution in [3.8, 4) is 0 Å². The Labute approximate surface area is 142 Å². The highest BCUT2D eigenvalue weighted by Crippen LogP contribution is 2.32. The minimum Gasteiger partial charge on any atom is -0.345 e. The van der Waals surface area contributed by atoms with Crippen molar-refractivity contribution in [1.82, 2.24) is 14.9 Å². The van der Waals surface area contributed by atoms with Crippen molar-refractivity contribution in [1.29, 1.82) is 0 Å². The topological polar surface area (TPSA) is 31.9 Å². The van der Waals surface area contributed by atoms with E-state index >= 15 is 0 Å². The van der Waals surface area contributed by atoms with Gasteiger partial charge < -0.3 is 4.98 Å². The van der Waals surface area contributed by atoms with Gasteiger partial charge in [-0.1, -0.05) is 36.4 Å². The van der Waals surface area contributed by atoms with Crippen molar-refractivity contribution >= 4 is 16.6 Å². The zero-order chi connectivity index (χ0) is 15.9. The van der Waals surface area contributed by atoms with Crippen molar-refractivity contribution in [2.75, 3.05) is 19.6 Å². The van der Waals surface area contributed by atoms with Crippen LogP contribution in [0.2, 0.25) is 0 Å². The summed E-state index contributed by atoms with van der Waals surface area (Å²) in [6.07, 6.45) is 6.53. The second-order valence-electron chi connectivity index (χ2n) is 6.99. The molecule has 1 saturated heterocycles. The predicted octanol–water partition coefficient (Wildman–Crippen LogP) is 3.99. The molecule has 3 aromatic rings. The highest BCUT2D eigenvalue weighted by Gasteiger charge is 2.26. The van der Waals surface area contributed by atoms with Crippen LogP contribution in [-0.4, -0.2) is 34.5 Å². The fourth-order valence-electron chi connectivity index (χ4n) is 4.20. The smallest absolute Gasteiger partial charge is 0.0931 e. The first-order valence-corrected chi connectivity index (χ1v) is 8.79. The first kappa shape index (κ1) is 14.0. The number of aromatic amines is 1. The number of H-pyrrole nitrogens is 1.